The lowest BCUT2D eigenvalue weighted by Crippen LogP contribution is -2.13. The van der Waals surface area contributed by atoms with Crippen LogP contribution < -0.4 is 5.32 Å². The predicted molar refractivity (Wildman–Crippen MR) is 85.2 cm³/mol. The number of methoxy groups -OCH3 is 1. The van der Waals surface area contributed by atoms with Crippen LogP contribution in [0.3, 0.4) is 0 Å². The standard InChI is InChI=1S/C16H25NO3S/c1-3-8-17-10-13-4-5-14(20-13)11-21-12-16(6-7-16)9-15(18)19-2/h4-5,17H,3,6-12H2,1-2H3. The molecule has 1 saturated carbocycles. The minimum absolute atomic E-state index is 0.0876. The summed E-state index contributed by atoms with van der Waals surface area (Å²) in [5.74, 6) is 3.80. The first-order valence-corrected chi connectivity index (χ1v) is 8.76. The van der Waals surface area contributed by atoms with Gasteiger partial charge in [-0.3, -0.25) is 4.79 Å². The molecule has 0 spiro atoms. The van der Waals surface area contributed by atoms with Crippen molar-refractivity contribution in [2.24, 2.45) is 5.41 Å². The van der Waals surface area contributed by atoms with Gasteiger partial charge in [0.25, 0.3) is 0 Å². The summed E-state index contributed by atoms with van der Waals surface area (Å²) in [6.07, 6.45) is 3.96. The van der Waals surface area contributed by atoms with Crippen LogP contribution in [0.25, 0.3) is 0 Å². The van der Waals surface area contributed by atoms with Gasteiger partial charge in [0.15, 0.2) is 0 Å². The zero-order valence-electron chi connectivity index (χ0n) is 12.9. The van der Waals surface area contributed by atoms with Gasteiger partial charge in [-0.2, -0.15) is 11.8 Å². The molecule has 1 aliphatic rings. The maximum Gasteiger partial charge on any atom is 0.306 e. The Balaban J connectivity index is 1.68. The SMILES string of the molecule is CCCNCc1ccc(CSCC2(CC(=O)OC)CC2)o1. The van der Waals surface area contributed by atoms with Crippen LogP contribution in [0.1, 0.15) is 44.1 Å². The number of thioether (sulfide) groups is 1. The van der Waals surface area contributed by atoms with E-state index >= 15 is 0 Å². The first-order chi connectivity index (χ1) is 10.2. The van der Waals surface area contributed by atoms with E-state index in [0.717, 1.165) is 55.4 Å². The Morgan fingerprint density at radius 2 is 2.19 bits per heavy atom. The number of ether oxygens (including phenoxy) is 1. The van der Waals surface area contributed by atoms with Crippen LogP contribution in [0.15, 0.2) is 16.5 Å². The van der Waals surface area contributed by atoms with Gasteiger partial charge in [0.1, 0.15) is 11.5 Å². The summed E-state index contributed by atoms with van der Waals surface area (Å²) in [6.45, 7) is 3.96. The van der Waals surface area contributed by atoms with Crippen molar-refractivity contribution >= 4 is 17.7 Å². The second kappa shape index (κ2) is 7.90. The van der Waals surface area contributed by atoms with Gasteiger partial charge in [-0.15, -0.1) is 0 Å². The average Bonchev–Trinajstić information content (AvgIpc) is 3.08. The molecule has 0 saturated heterocycles. The molecule has 0 amide bonds. The Morgan fingerprint density at radius 1 is 1.43 bits per heavy atom. The van der Waals surface area contributed by atoms with Gasteiger partial charge in [0.05, 0.1) is 25.8 Å². The molecule has 0 radical (unpaired) electrons. The summed E-state index contributed by atoms with van der Waals surface area (Å²) in [4.78, 5) is 11.4. The first-order valence-electron chi connectivity index (χ1n) is 7.60. The lowest BCUT2D eigenvalue weighted by Gasteiger charge is -2.12. The van der Waals surface area contributed by atoms with Crippen LogP contribution in [0, 0.1) is 5.41 Å². The van der Waals surface area contributed by atoms with Gasteiger partial charge >= 0.3 is 5.97 Å². The topological polar surface area (TPSA) is 51.5 Å². The lowest BCUT2D eigenvalue weighted by molar-refractivity contribution is -0.141. The van der Waals surface area contributed by atoms with E-state index in [1.54, 1.807) is 0 Å². The number of furan rings is 1. The molecule has 0 atom stereocenters. The highest BCUT2D eigenvalue weighted by Crippen LogP contribution is 2.51. The Morgan fingerprint density at radius 3 is 2.86 bits per heavy atom. The number of rotatable bonds is 10. The van der Waals surface area contributed by atoms with Crippen molar-refractivity contribution in [2.45, 2.75) is 44.9 Å². The Hall–Kier alpha value is -0.940. The van der Waals surface area contributed by atoms with E-state index in [0.29, 0.717) is 6.42 Å². The maximum atomic E-state index is 11.4. The van der Waals surface area contributed by atoms with E-state index in [-0.39, 0.29) is 11.4 Å². The van der Waals surface area contributed by atoms with Crippen molar-refractivity contribution in [3.8, 4) is 0 Å². The number of hydrogen-bond donors (Lipinski definition) is 1. The lowest BCUT2D eigenvalue weighted by atomic mass is 10.1. The smallest absolute Gasteiger partial charge is 0.306 e. The minimum Gasteiger partial charge on any atom is -0.469 e. The maximum absolute atomic E-state index is 11.4. The Kier molecular flexibility index (Phi) is 6.18. The second-order valence-electron chi connectivity index (χ2n) is 5.79. The molecule has 21 heavy (non-hydrogen) atoms. The number of esters is 1. The summed E-state index contributed by atoms with van der Waals surface area (Å²) < 4.78 is 10.6. The van der Waals surface area contributed by atoms with Gasteiger partial charge in [0.2, 0.25) is 0 Å². The van der Waals surface area contributed by atoms with E-state index < -0.39 is 0 Å². The molecule has 1 heterocycles. The molecule has 0 unspecified atom stereocenters. The molecule has 1 N–H and O–H groups in total. The molecule has 1 aromatic heterocycles. The molecule has 4 nitrogen and oxygen atoms in total. The number of carbonyl (C=O) groups is 1. The van der Waals surface area contributed by atoms with Gasteiger partial charge in [0, 0.05) is 0 Å². The van der Waals surface area contributed by atoms with Crippen LogP contribution in [0.4, 0.5) is 0 Å². The fraction of sp³-hybridized carbons (Fsp3) is 0.688. The predicted octanol–water partition coefficient (Wildman–Crippen LogP) is 3.36. The Labute approximate surface area is 131 Å². The highest BCUT2D eigenvalue weighted by atomic mass is 32.2. The van der Waals surface area contributed by atoms with Crippen molar-refractivity contribution in [2.75, 3.05) is 19.4 Å². The summed E-state index contributed by atoms with van der Waals surface area (Å²) in [6, 6.07) is 4.09. The van der Waals surface area contributed by atoms with Crippen molar-refractivity contribution in [1.82, 2.24) is 5.32 Å². The fourth-order valence-electron chi connectivity index (χ4n) is 2.28. The van der Waals surface area contributed by atoms with E-state index in [9.17, 15) is 4.79 Å². The van der Waals surface area contributed by atoms with E-state index in [2.05, 4.69) is 18.3 Å². The summed E-state index contributed by atoms with van der Waals surface area (Å²) in [7, 11) is 1.46. The van der Waals surface area contributed by atoms with Crippen LogP contribution in [-0.4, -0.2) is 25.4 Å². The van der Waals surface area contributed by atoms with Crippen LogP contribution >= 0.6 is 11.8 Å². The zero-order chi connectivity index (χ0) is 15.1. The zero-order valence-corrected chi connectivity index (χ0v) is 13.8. The molecule has 2 rings (SSSR count). The van der Waals surface area contributed by atoms with Gasteiger partial charge in [-0.25, -0.2) is 0 Å². The quantitative estimate of drug-likeness (QED) is 0.530. The van der Waals surface area contributed by atoms with Crippen molar-refractivity contribution < 1.29 is 13.9 Å². The molecule has 1 aromatic rings. The molecular weight excluding hydrogens is 286 g/mol. The largest absolute Gasteiger partial charge is 0.469 e. The summed E-state index contributed by atoms with van der Waals surface area (Å²) in [5.41, 5.74) is 0.190. The van der Waals surface area contributed by atoms with Gasteiger partial charge in [-0.05, 0) is 49.1 Å². The number of nitrogens with one attached hydrogen (secondary N) is 1. The molecule has 1 aliphatic carbocycles. The van der Waals surface area contributed by atoms with Crippen molar-refractivity contribution in [1.29, 1.82) is 0 Å². The Bertz CT molecular complexity index is 454. The van der Waals surface area contributed by atoms with Crippen LogP contribution in [0.2, 0.25) is 0 Å². The fourth-order valence-corrected chi connectivity index (χ4v) is 3.56. The molecule has 0 aliphatic heterocycles. The highest BCUT2D eigenvalue weighted by molar-refractivity contribution is 7.98. The van der Waals surface area contributed by atoms with E-state index in [1.165, 1.54) is 7.11 Å². The second-order valence-corrected chi connectivity index (χ2v) is 6.78. The normalized spacial score (nSPS) is 15.9. The molecule has 5 heteroatoms. The minimum atomic E-state index is -0.0876. The summed E-state index contributed by atoms with van der Waals surface area (Å²) >= 11 is 1.85. The van der Waals surface area contributed by atoms with E-state index in [1.807, 2.05) is 17.8 Å². The number of carbonyl (C=O) groups excluding carboxylic acids is 1. The third-order valence-corrected chi connectivity index (χ3v) is 5.11. The molecular formula is C16H25NO3S. The molecule has 0 aromatic carbocycles. The van der Waals surface area contributed by atoms with E-state index in [4.69, 9.17) is 9.15 Å². The molecule has 0 bridgehead atoms. The third kappa shape index (κ3) is 5.40. The van der Waals surface area contributed by atoms with Gasteiger partial charge < -0.3 is 14.5 Å². The van der Waals surface area contributed by atoms with Crippen molar-refractivity contribution in [3.05, 3.63) is 23.7 Å². The third-order valence-electron chi connectivity index (χ3n) is 3.80. The molecule has 1 fully saturated rings. The summed E-state index contributed by atoms with van der Waals surface area (Å²) in [5, 5.41) is 3.33. The number of hydrogen-bond acceptors (Lipinski definition) is 5. The monoisotopic (exact) mass is 311 g/mol. The van der Waals surface area contributed by atoms with Gasteiger partial charge in [-0.1, -0.05) is 6.92 Å². The first kappa shape index (κ1) is 16.4. The molecule has 118 valence electrons. The highest BCUT2D eigenvalue weighted by Gasteiger charge is 2.44. The van der Waals surface area contributed by atoms with Crippen molar-refractivity contribution in [3.63, 3.8) is 0 Å². The van der Waals surface area contributed by atoms with Crippen LogP contribution in [-0.2, 0) is 21.8 Å². The average molecular weight is 311 g/mol. The van der Waals surface area contributed by atoms with Crippen LogP contribution in [0.5, 0.6) is 0 Å².